The van der Waals surface area contributed by atoms with E-state index in [2.05, 4.69) is 30.5 Å². The summed E-state index contributed by atoms with van der Waals surface area (Å²) < 4.78 is 20.2. The van der Waals surface area contributed by atoms with Gasteiger partial charge in [-0.25, -0.2) is 9.37 Å². The number of aromatic nitrogens is 6. The minimum atomic E-state index is -0.518. The van der Waals surface area contributed by atoms with E-state index in [0.717, 1.165) is 65.4 Å². The molecule has 0 bridgehead atoms. The van der Waals surface area contributed by atoms with Gasteiger partial charge in [-0.15, -0.1) is 0 Å². The highest BCUT2D eigenvalue weighted by Gasteiger charge is 2.18. The first-order chi connectivity index (χ1) is 19.1. The zero-order chi connectivity index (χ0) is 26.3. The van der Waals surface area contributed by atoms with Crippen LogP contribution in [0.1, 0.15) is 12.8 Å². The summed E-state index contributed by atoms with van der Waals surface area (Å²) in [5.41, 5.74) is 5.62. The molecule has 0 spiro atoms. The van der Waals surface area contributed by atoms with Gasteiger partial charge in [-0.05, 0) is 61.8 Å². The van der Waals surface area contributed by atoms with Gasteiger partial charge in [-0.2, -0.15) is 5.10 Å². The van der Waals surface area contributed by atoms with Crippen molar-refractivity contribution >= 4 is 21.9 Å². The number of ether oxygens (including phenoxy) is 1. The van der Waals surface area contributed by atoms with Crippen molar-refractivity contribution in [2.75, 3.05) is 13.1 Å². The number of fused-ring (bicyclic) bond motifs is 2. The van der Waals surface area contributed by atoms with Crippen LogP contribution < -0.4 is 10.1 Å². The van der Waals surface area contributed by atoms with Crippen LogP contribution >= 0.6 is 0 Å². The van der Waals surface area contributed by atoms with Crippen LogP contribution in [-0.2, 0) is 0 Å². The SMILES string of the molecule is Oc1cc(F)cc(-c2cccc3[nH]c(-c4n[nH]c5cnc(-c6cncc(OC7CCNCC7)c6)cc45)nc23)c1. The summed E-state index contributed by atoms with van der Waals surface area (Å²) >= 11 is 0. The third kappa shape index (κ3) is 4.44. The number of halogens is 1. The average Bonchev–Trinajstić information content (AvgIpc) is 3.57. The largest absolute Gasteiger partial charge is 0.508 e. The van der Waals surface area contributed by atoms with E-state index < -0.39 is 5.82 Å². The van der Waals surface area contributed by atoms with Crippen LogP contribution in [0.3, 0.4) is 0 Å². The van der Waals surface area contributed by atoms with Gasteiger partial charge >= 0.3 is 0 Å². The molecule has 0 unspecified atom stereocenters. The zero-order valence-electron chi connectivity index (χ0n) is 20.8. The maximum atomic E-state index is 14.0. The Morgan fingerprint density at radius 1 is 0.949 bits per heavy atom. The summed E-state index contributed by atoms with van der Waals surface area (Å²) in [6.07, 6.45) is 7.35. The molecule has 1 aliphatic rings. The Morgan fingerprint density at radius 3 is 2.72 bits per heavy atom. The van der Waals surface area contributed by atoms with E-state index in [4.69, 9.17) is 9.72 Å². The number of aromatic hydroxyl groups is 1. The van der Waals surface area contributed by atoms with E-state index in [-0.39, 0.29) is 11.9 Å². The second-order valence-electron chi connectivity index (χ2n) is 9.65. The van der Waals surface area contributed by atoms with Gasteiger partial charge in [0.1, 0.15) is 29.1 Å². The fraction of sp³-hybridized carbons (Fsp3) is 0.172. The molecule has 2 aromatic carbocycles. The number of piperidine rings is 1. The number of aromatic amines is 2. The van der Waals surface area contributed by atoms with Crippen LogP contribution in [0.2, 0.25) is 0 Å². The normalized spacial score (nSPS) is 14.3. The molecule has 1 aliphatic heterocycles. The van der Waals surface area contributed by atoms with Gasteiger partial charge in [-0.3, -0.25) is 15.1 Å². The molecule has 10 heteroatoms. The first kappa shape index (κ1) is 23.3. The van der Waals surface area contributed by atoms with E-state index in [1.807, 2.05) is 30.3 Å². The van der Waals surface area contributed by atoms with Crippen molar-refractivity contribution < 1.29 is 14.2 Å². The highest BCUT2D eigenvalue weighted by atomic mass is 19.1. The van der Waals surface area contributed by atoms with Gasteiger partial charge in [0.2, 0.25) is 0 Å². The number of hydrogen-bond acceptors (Lipinski definition) is 7. The predicted octanol–water partition coefficient (Wildman–Crippen LogP) is 5.21. The van der Waals surface area contributed by atoms with E-state index in [1.54, 1.807) is 18.6 Å². The maximum absolute atomic E-state index is 14.0. The number of phenols is 1. The summed E-state index contributed by atoms with van der Waals surface area (Å²) in [6, 6.07) is 13.5. The molecule has 4 aromatic heterocycles. The number of para-hydroxylation sites is 1. The number of nitrogens with zero attached hydrogens (tertiary/aromatic N) is 4. The Hall–Kier alpha value is -4.83. The van der Waals surface area contributed by atoms with Crippen LogP contribution in [0.5, 0.6) is 11.5 Å². The molecule has 0 atom stereocenters. The Labute approximate surface area is 222 Å². The molecule has 1 fully saturated rings. The van der Waals surface area contributed by atoms with Crippen LogP contribution in [0.15, 0.2) is 67.1 Å². The number of benzene rings is 2. The third-order valence-electron chi connectivity index (χ3n) is 6.98. The second kappa shape index (κ2) is 9.48. The molecular formula is C29H24FN7O2. The lowest BCUT2D eigenvalue weighted by Crippen LogP contribution is -2.34. The van der Waals surface area contributed by atoms with E-state index in [1.165, 1.54) is 12.1 Å². The lowest BCUT2D eigenvalue weighted by Gasteiger charge is -2.23. The van der Waals surface area contributed by atoms with Crippen molar-refractivity contribution in [1.82, 2.24) is 35.5 Å². The molecule has 0 saturated carbocycles. The molecule has 0 aliphatic carbocycles. The lowest BCUT2D eigenvalue weighted by atomic mass is 10.0. The number of phenolic OH excluding ortho intramolecular Hbond substituents is 1. The van der Waals surface area contributed by atoms with Gasteiger partial charge < -0.3 is 20.1 Å². The third-order valence-corrected chi connectivity index (χ3v) is 6.98. The number of H-pyrrole nitrogens is 2. The van der Waals surface area contributed by atoms with Gasteiger partial charge in [0.15, 0.2) is 5.82 Å². The van der Waals surface area contributed by atoms with E-state index in [0.29, 0.717) is 28.2 Å². The molecule has 4 N–H and O–H groups in total. The summed E-state index contributed by atoms with van der Waals surface area (Å²) in [4.78, 5) is 17.2. The van der Waals surface area contributed by atoms with Crippen LogP contribution in [0.25, 0.3) is 55.8 Å². The zero-order valence-corrected chi connectivity index (χ0v) is 20.8. The van der Waals surface area contributed by atoms with Crippen LogP contribution in [0.4, 0.5) is 4.39 Å². The molecule has 5 heterocycles. The van der Waals surface area contributed by atoms with Crippen molar-refractivity contribution in [3.05, 3.63) is 72.9 Å². The van der Waals surface area contributed by atoms with Crippen molar-refractivity contribution in [2.45, 2.75) is 18.9 Å². The van der Waals surface area contributed by atoms with Gasteiger partial charge in [0.05, 0.1) is 34.6 Å². The van der Waals surface area contributed by atoms with Gasteiger partial charge in [0, 0.05) is 28.8 Å². The number of imidazole rings is 1. The highest BCUT2D eigenvalue weighted by Crippen LogP contribution is 2.34. The second-order valence-corrected chi connectivity index (χ2v) is 9.65. The van der Waals surface area contributed by atoms with Crippen molar-refractivity contribution in [2.24, 2.45) is 0 Å². The first-order valence-corrected chi connectivity index (χ1v) is 12.8. The number of pyridine rings is 2. The lowest BCUT2D eigenvalue weighted by molar-refractivity contribution is 0.162. The van der Waals surface area contributed by atoms with Crippen LogP contribution in [-0.4, -0.2) is 54.4 Å². The Balaban J connectivity index is 1.26. The average molecular weight is 522 g/mol. The summed E-state index contributed by atoms with van der Waals surface area (Å²) in [7, 11) is 0. The quantitative estimate of drug-likeness (QED) is 0.246. The molecule has 1 saturated heterocycles. The highest BCUT2D eigenvalue weighted by molar-refractivity contribution is 5.97. The van der Waals surface area contributed by atoms with Crippen LogP contribution in [0, 0.1) is 5.82 Å². The Kier molecular flexibility index (Phi) is 5.66. The Morgan fingerprint density at radius 2 is 1.85 bits per heavy atom. The molecule has 9 nitrogen and oxygen atoms in total. The fourth-order valence-corrected chi connectivity index (χ4v) is 5.09. The standard InChI is InChI=1S/C29H24FN7O2/c30-18-8-16(9-19(38)11-18)22-2-1-3-24-27(22)35-29(34-24)28-23-12-25(33-15-26(23)36-37-28)17-10-21(14-32-13-17)39-20-4-6-31-7-5-20/h1-3,8-15,20,31,38H,4-7H2,(H,34,35)(H,36,37). The summed E-state index contributed by atoms with van der Waals surface area (Å²) in [5.74, 6) is 0.621. The number of nitrogens with one attached hydrogen (secondary N) is 3. The monoisotopic (exact) mass is 521 g/mol. The molecule has 6 aromatic rings. The maximum Gasteiger partial charge on any atom is 0.159 e. The van der Waals surface area contributed by atoms with E-state index >= 15 is 0 Å². The molecule has 194 valence electrons. The van der Waals surface area contributed by atoms with Crippen molar-refractivity contribution in [3.8, 4) is 45.4 Å². The number of hydrogen-bond donors (Lipinski definition) is 4. The first-order valence-electron chi connectivity index (χ1n) is 12.8. The topological polar surface area (TPSA) is 125 Å². The number of rotatable bonds is 5. The van der Waals surface area contributed by atoms with Crippen molar-refractivity contribution in [3.63, 3.8) is 0 Å². The fourth-order valence-electron chi connectivity index (χ4n) is 5.09. The van der Waals surface area contributed by atoms with Gasteiger partial charge in [-0.1, -0.05) is 12.1 Å². The molecule has 0 amide bonds. The molecule has 39 heavy (non-hydrogen) atoms. The van der Waals surface area contributed by atoms with Crippen molar-refractivity contribution in [1.29, 1.82) is 0 Å². The molecule has 0 radical (unpaired) electrons. The summed E-state index contributed by atoms with van der Waals surface area (Å²) in [6.45, 7) is 1.90. The Bertz CT molecular complexity index is 1800. The van der Waals surface area contributed by atoms with Gasteiger partial charge in [0.25, 0.3) is 0 Å². The minimum Gasteiger partial charge on any atom is -0.508 e. The molecule has 7 rings (SSSR count). The summed E-state index contributed by atoms with van der Waals surface area (Å²) in [5, 5.41) is 21.7. The predicted molar refractivity (Wildman–Crippen MR) is 146 cm³/mol. The van der Waals surface area contributed by atoms with E-state index in [9.17, 15) is 9.50 Å². The molecular weight excluding hydrogens is 497 g/mol. The minimum absolute atomic E-state index is 0.143. The smallest absolute Gasteiger partial charge is 0.159 e.